The van der Waals surface area contributed by atoms with Crippen LogP contribution in [0, 0.1) is 5.92 Å². The van der Waals surface area contributed by atoms with E-state index >= 15 is 0 Å². The van der Waals surface area contributed by atoms with E-state index in [0.717, 1.165) is 102 Å². The van der Waals surface area contributed by atoms with Crippen molar-refractivity contribution in [2.45, 2.75) is 393 Å². The molecule has 0 spiro atoms. The highest BCUT2D eigenvalue weighted by Gasteiger charge is 2.30. The summed E-state index contributed by atoms with van der Waals surface area (Å²) in [6, 6.07) is 0. The van der Waals surface area contributed by atoms with E-state index in [1.54, 1.807) is 0 Å². The summed E-state index contributed by atoms with van der Waals surface area (Å²) in [4.78, 5) is 72.6. The maximum Gasteiger partial charge on any atom is 0.472 e. The minimum absolute atomic E-state index is 0.107. The number of phosphoric ester groups is 2. The van der Waals surface area contributed by atoms with Gasteiger partial charge in [-0.3, -0.25) is 37.3 Å². The average molecular weight is 1340 g/mol. The second-order valence-electron chi connectivity index (χ2n) is 26.2. The van der Waals surface area contributed by atoms with Crippen molar-refractivity contribution in [2.75, 3.05) is 39.6 Å². The molecule has 0 bridgehead atoms. The van der Waals surface area contributed by atoms with Gasteiger partial charge in [0.1, 0.15) is 19.3 Å². The highest BCUT2D eigenvalue weighted by Crippen LogP contribution is 2.45. The molecule has 3 N–H and O–H groups in total. The van der Waals surface area contributed by atoms with Gasteiger partial charge in [0.25, 0.3) is 0 Å². The first-order valence-corrected chi connectivity index (χ1v) is 40.7. The Bertz CT molecular complexity index is 1760. The van der Waals surface area contributed by atoms with E-state index in [-0.39, 0.29) is 25.7 Å². The molecule has 19 heteroatoms. The van der Waals surface area contributed by atoms with E-state index in [9.17, 15) is 43.2 Å². The van der Waals surface area contributed by atoms with Crippen LogP contribution in [0.5, 0.6) is 0 Å². The van der Waals surface area contributed by atoms with Gasteiger partial charge in [0.15, 0.2) is 12.2 Å². The van der Waals surface area contributed by atoms with Gasteiger partial charge in [-0.15, -0.1) is 0 Å². The summed E-state index contributed by atoms with van der Waals surface area (Å²) < 4.78 is 68.4. The maximum atomic E-state index is 13.0. The predicted octanol–water partition coefficient (Wildman–Crippen LogP) is 20.9. The normalized spacial score (nSPS) is 14.3. The highest BCUT2D eigenvalue weighted by atomic mass is 31.2. The van der Waals surface area contributed by atoms with Crippen LogP contribution in [0.4, 0.5) is 0 Å². The Hall–Kier alpha value is -1.94. The van der Waals surface area contributed by atoms with Crippen molar-refractivity contribution in [1.82, 2.24) is 0 Å². The fourth-order valence-electron chi connectivity index (χ4n) is 11.0. The third kappa shape index (κ3) is 65.1. The third-order valence-corrected chi connectivity index (χ3v) is 19.0. The molecule has 0 aliphatic heterocycles. The molecule has 0 heterocycles. The second-order valence-corrected chi connectivity index (χ2v) is 29.1. The van der Waals surface area contributed by atoms with Crippen molar-refractivity contribution in [2.24, 2.45) is 5.92 Å². The van der Waals surface area contributed by atoms with E-state index in [1.165, 1.54) is 193 Å². The SMILES string of the molecule is CCCCCCCCCCCCCCCCCC(=O)O[C@H](COC(=O)CCCCCCCCCCCCCCC)COP(=O)(O)OC[C@@H](O)COP(=O)(O)OC[C@@H](COC(=O)CCCCCCCCC(C)CC)OC(=O)CCCCCCCCCCCCCCC. The number of aliphatic hydroxyl groups excluding tert-OH is 1. The zero-order valence-electron chi connectivity index (χ0n) is 59.0. The second kappa shape index (κ2) is 65.4. The fourth-order valence-corrected chi connectivity index (χ4v) is 12.5. The topological polar surface area (TPSA) is 237 Å². The quantitative estimate of drug-likeness (QED) is 0.0222. The van der Waals surface area contributed by atoms with Crippen LogP contribution in [0.3, 0.4) is 0 Å². The molecule has 0 saturated heterocycles. The van der Waals surface area contributed by atoms with E-state index in [4.69, 9.17) is 37.0 Å². The number of hydrogen-bond donors (Lipinski definition) is 3. The van der Waals surface area contributed by atoms with E-state index in [0.29, 0.717) is 25.7 Å². The summed E-state index contributed by atoms with van der Waals surface area (Å²) in [5.41, 5.74) is 0. The van der Waals surface area contributed by atoms with Gasteiger partial charge in [-0.05, 0) is 31.6 Å². The number of esters is 4. The van der Waals surface area contributed by atoms with Crippen LogP contribution >= 0.6 is 15.6 Å². The number of aliphatic hydroxyl groups is 1. The molecule has 0 aliphatic rings. The molecular weight excluding hydrogens is 1200 g/mol. The first-order chi connectivity index (χ1) is 44.1. The lowest BCUT2D eigenvalue weighted by molar-refractivity contribution is -0.161. The summed E-state index contributed by atoms with van der Waals surface area (Å²) in [5, 5.41) is 10.6. The Balaban J connectivity index is 5.25. The molecule has 17 nitrogen and oxygen atoms in total. The summed E-state index contributed by atoms with van der Waals surface area (Å²) in [6.45, 7) is 7.23. The van der Waals surface area contributed by atoms with Crippen LogP contribution in [0.15, 0.2) is 0 Å². The molecule has 0 saturated carbocycles. The molecular formula is C72H140O17P2. The summed E-state index contributed by atoms with van der Waals surface area (Å²) in [6.07, 6.45) is 52.5. The van der Waals surface area contributed by atoms with Gasteiger partial charge in [0.2, 0.25) is 0 Å². The Labute approximate surface area is 556 Å². The number of rotatable bonds is 72. The zero-order valence-corrected chi connectivity index (χ0v) is 60.8. The predicted molar refractivity (Wildman–Crippen MR) is 368 cm³/mol. The van der Waals surface area contributed by atoms with Crippen LogP contribution in [0.2, 0.25) is 0 Å². The molecule has 0 radical (unpaired) electrons. The van der Waals surface area contributed by atoms with Gasteiger partial charge in [-0.25, -0.2) is 9.13 Å². The smallest absolute Gasteiger partial charge is 0.462 e. The first kappa shape index (κ1) is 89.1. The van der Waals surface area contributed by atoms with Crippen molar-refractivity contribution >= 4 is 39.5 Å². The van der Waals surface area contributed by atoms with Crippen molar-refractivity contribution in [1.29, 1.82) is 0 Å². The van der Waals surface area contributed by atoms with Gasteiger partial charge >= 0.3 is 39.5 Å². The van der Waals surface area contributed by atoms with Gasteiger partial charge in [-0.2, -0.15) is 0 Å². The summed E-state index contributed by atoms with van der Waals surface area (Å²) in [5.74, 6) is -1.39. The Kier molecular flexibility index (Phi) is 64.0. The largest absolute Gasteiger partial charge is 0.472 e. The minimum atomic E-state index is -4.95. The van der Waals surface area contributed by atoms with Crippen LogP contribution in [-0.4, -0.2) is 96.7 Å². The molecule has 0 aliphatic carbocycles. The average Bonchev–Trinajstić information content (AvgIpc) is 3.54. The Morgan fingerprint density at radius 3 is 0.780 bits per heavy atom. The number of phosphoric acid groups is 2. The van der Waals surface area contributed by atoms with Crippen molar-refractivity contribution in [3.05, 3.63) is 0 Å². The summed E-state index contributed by atoms with van der Waals surface area (Å²) in [7, 11) is -9.90. The lowest BCUT2D eigenvalue weighted by Gasteiger charge is -2.21. The molecule has 540 valence electrons. The van der Waals surface area contributed by atoms with Gasteiger partial charge in [-0.1, -0.05) is 324 Å². The molecule has 0 aromatic rings. The maximum absolute atomic E-state index is 13.0. The summed E-state index contributed by atoms with van der Waals surface area (Å²) >= 11 is 0. The van der Waals surface area contributed by atoms with Crippen LogP contribution < -0.4 is 0 Å². The van der Waals surface area contributed by atoms with Gasteiger partial charge in [0.05, 0.1) is 26.4 Å². The number of ether oxygens (including phenoxy) is 4. The van der Waals surface area contributed by atoms with Gasteiger partial charge < -0.3 is 33.8 Å². The van der Waals surface area contributed by atoms with Gasteiger partial charge in [0, 0.05) is 25.7 Å². The minimum Gasteiger partial charge on any atom is -0.462 e. The molecule has 0 aromatic carbocycles. The van der Waals surface area contributed by atoms with Crippen LogP contribution in [0.1, 0.15) is 375 Å². The lowest BCUT2D eigenvalue weighted by atomic mass is 10.00. The van der Waals surface area contributed by atoms with Crippen molar-refractivity contribution < 1.29 is 80.2 Å². The monoisotopic (exact) mass is 1340 g/mol. The molecule has 91 heavy (non-hydrogen) atoms. The zero-order chi connectivity index (χ0) is 67.0. The third-order valence-electron chi connectivity index (χ3n) is 17.1. The highest BCUT2D eigenvalue weighted by molar-refractivity contribution is 7.47. The Morgan fingerprint density at radius 2 is 0.527 bits per heavy atom. The van der Waals surface area contributed by atoms with Crippen molar-refractivity contribution in [3.63, 3.8) is 0 Å². The molecule has 0 fully saturated rings. The fraction of sp³-hybridized carbons (Fsp3) is 0.944. The number of carbonyl (C=O) groups is 4. The van der Waals surface area contributed by atoms with E-state index < -0.39 is 97.5 Å². The van der Waals surface area contributed by atoms with E-state index in [1.807, 2.05) is 0 Å². The van der Waals surface area contributed by atoms with E-state index in [2.05, 4.69) is 34.6 Å². The lowest BCUT2D eigenvalue weighted by Crippen LogP contribution is -2.30. The van der Waals surface area contributed by atoms with Crippen LogP contribution in [0.25, 0.3) is 0 Å². The molecule has 3 unspecified atom stereocenters. The number of hydrogen-bond acceptors (Lipinski definition) is 15. The van der Waals surface area contributed by atoms with Crippen molar-refractivity contribution in [3.8, 4) is 0 Å². The first-order valence-electron chi connectivity index (χ1n) is 37.7. The van der Waals surface area contributed by atoms with Crippen LogP contribution in [-0.2, 0) is 65.4 Å². The number of carbonyl (C=O) groups excluding carboxylic acids is 4. The molecule has 0 aromatic heterocycles. The molecule has 0 rings (SSSR count). The molecule has 0 amide bonds. The number of unbranched alkanes of at least 4 members (excludes halogenated alkanes) is 43. The Morgan fingerprint density at radius 1 is 0.308 bits per heavy atom. The standard InChI is InChI=1S/C72H140O17P2/c1-6-10-13-16-19-22-25-28-29-32-35-38-41-48-53-58-71(76)88-67(61-82-69(74)55-50-45-39-36-33-30-26-23-20-17-14-11-7-2)63-86-90(78,79)84-59-66(73)60-85-91(80,81)87-64-68(62-83-70(75)56-51-46-43-42-44-49-54-65(5)9-4)89-72(77)57-52-47-40-37-34-31-27-24-21-18-15-12-8-3/h65-68,73H,6-64H2,1-5H3,(H,78,79)(H,80,81)/t65?,66-,67-,68-/m1/s1. The molecule has 6 atom stereocenters.